The average molecular weight is 525 g/mol. The Labute approximate surface area is 219 Å². The first-order valence-electron chi connectivity index (χ1n) is 13.9. The maximum Gasteiger partial charge on any atom is 0.511 e. The number of hydrogen-bond donors (Lipinski definition) is 3. The Morgan fingerprint density at radius 3 is 2.41 bits per heavy atom. The molecule has 9 nitrogen and oxygen atoms in total. The van der Waals surface area contributed by atoms with Crippen LogP contribution in [0.2, 0.25) is 0 Å². The number of carboxylic acids is 1. The topological polar surface area (TPSA) is 140 Å². The minimum absolute atomic E-state index is 0.0687. The first kappa shape index (κ1) is 28.1. The number of carbonyl (C=O) groups excluding carboxylic acids is 2. The molecule has 9 heteroatoms. The Morgan fingerprint density at radius 1 is 1.00 bits per heavy atom. The maximum atomic E-state index is 12.0. The Balaban J connectivity index is 1.45. The van der Waals surface area contributed by atoms with Crippen LogP contribution < -0.4 is 0 Å². The summed E-state index contributed by atoms with van der Waals surface area (Å²) in [6.07, 6.45) is 3.93. The van der Waals surface area contributed by atoms with Crippen molar-refractivity contribution in [3.05, 3.63) is 0 Å². The second-order valence-electron chi connectivity index (χ2n) is 12.7. The molecule has 0 aromatic carbocycles. The van der Waals surface area contributed by atoms with E-state index in [-0.39, 0.29) is 58.9 Å². The van der Waals surface area contributed by atoms with Gasteiger partial charge in [-0.3, -0.25) is 9.59 Å². The monoisotopic (exact) mass is 524 g/mol. The lowest BCUT2D eigenvalue weighted by Gasteiger charge is -2.63. The molecule has 0 saturated heterocycles. The minimum Gasteiger partial charge on any atom is -0.481 e. The van der Waals surface area contributed by atoms with Crippen molar-refractivity contribution < 1.29 is 43.9 Å². The van der Waals surface area contributed by atoms with E-state index >= 15 is 0 Å². The largest absolute Gasteiger partial charge is 0.511 e. The molecule has 0 aliphatic heterocycles. The molecule has 0 bridgehead atoms. The SMILES string of the molecule is CC(=O)OCOC(=O)OC1CCC2(C)C(C1)CC(O)C1C2C[C@H](O)C2(C)C(C(C)CCC(=O)O)CCC12. The van der Waals surface area contributed by atoms with E-state index in [1.807, 2.05) is 0 Å². The molecule has 4 saturated carbocycles. The second kappa shape index (κ2) is 10.7. The van der Waals surface area contributed by atoms with E-state index in [1.165, 1.54) is 6.92 Å². The van der Waals surface area contributed by atoms with Crippen LogP contribution >= 0.6 is 0 Å². The van der Waals surface area contributed by atoms with Crippen LogP contribution in [0.3, 0.4) is 0 Å². The van der Waals surface area contributed by atoms with E-state index in [0.717, 1.165) is 19.3 Å². The highest BCUT2D eigenvalue weighted by molar-refractivity contribution is 5.66. The molecule has 3 N–H and O–H groups in total. The van der Waals surface area contributed by atoms with Gasteiger partial charge in [0.2, 0.25) is 6.79 Å². The molecule has 0 aromatic rings. The molecular weight excluding hydrogens is 480 g/mol. The number of carbonyl (C=O) groups is 3. The van der Waals surface area contributed by atoms with E-state index in [4.69, 9.17) is 9.47 Å². The summed E-state index contributed by atoms with van der Waals surface area (Å²) in [5.41, 5.74) is -0.393. The van der Waals surface area contributed by atoms with Crippen molar-refractivity contribution in [3.63, 3.8) is 0 Å². The summed E-state index contributed by atoms with van der Waals surface area (Å²) in [7, 11) is 0. The third kappa shape index (κ3) is 5.22. The first-order valence-corrected chi connectivity index (χ1v) is 13.9. The van der Waals surface area contributed by atoms with Gasteiger partial charge in [-0.15, -0.1) is 0 Å². The minimum atomic E-state index is -0.859. The lowest BCUT2D eigenvalue weighted by Crippen LogP contribution is -2.62. The van der Waals surface area contributed by atoms with Gasteiger partial charge in [-0.2, -0.15) is 0 Å². The third-order valence-electron chi connectivity index (χ3n) is 11.0. The van der Waals surface area contributed by atoms with Gasteiger partial charge in [0.05, 0.1) is 12.2 Å². The standard InChI is InChI=1S/C28H44O9/c1-15(5-8-24(32)33)19-6-7-20-25-21(13-23(31)28(19,20)4)27(3)10-9-18(11-17(27)12-22(25)30)37-26(34)36-14-35-16(2)29/h15,17-23,25,30-31H,5-14H2,1-4H3,(H,32,33)/t15?,17?,18?,19?,20?,21?,22?,23-,25?,27?,28?/m0/s1. The van der Waals surface area contributed by atoms with Crippen molar-refractivity contribution in [1.29, 1.82) is 0 Å². The zero-order valence-corrected chi connectivity index (χ0v) is 22.6. The number of aliphatic hydroxyl groups excluding tert-OH is 2. The smallest absolute Gasteiger partial charge is 0.481 e. The first-order chi connectivity index (χ1) is 17.4. The van der Waals surface area contributed by atoms with E-state index in [1.54, 1.807) is 0 Å². The van der Waals surface area contributed by atoms with Crippen molar-refractivity contribution in [2.45, 2.75) is 104 Å². The van der Waals surface area contributed by atoms with E-state index < -0.39 is 37.1 Å². The Morgan fingerprint density at radius 2 is 1.73 bits per heavy atom. The highest BCUT2D eigenvalue weighted by Gasteiger charge is 2.65. The number of carboxylic acid groups (broad SMARTS) is 1. The normalized spacial score (nSPS) is 43.5. The summed E-state index contributed by atoms with van der Waals surface area (Å²) in [5.74, 6) is -0.224. The highest BCUT2D eigenvalue weighted by Crippen LogP contribution is 2.68. The number of esters is 1. The van der Waals surface area contributed by atoms with Gasteiger partial charge in [0.1, 0.15) is 6.10 Å². The van der Waals surface area contributed by atoms with Gasteiger partial charge in [-0.1, -0.05) is 20.8 Å². The molecule has 10 unspecified atom stereocenters. The molecule has 4 aliphatic rings. The molecule has 0 aromatic heterocycles. The molecule has 210 valence electrons. The number of rotatable bonds is 7. The van der Waals surface area contributed by atoms with Crippen molar-refractivity contribution >= 4 is 18.1 Å². The fourth-order valence-electron chi connectivity index (χ4n) is 9.11. The zero-order chi connectivity index (χ0) is 27.1. The van der Waals surface area contributed by atoms with Crippen LogP contribution in [-0.2, 0) is 23.8 Å². The molecule has 0 radical (unpaired) electrons. The summed E-state index contributed by atoms with van der Waals surface area (Å²) in [6.45, 7) is 7.34. The van der Waals surface area contributed by atoms with Gasteiger partial charge in [0.25, 0.3) is 0 Å². The highest BCUT2D eigenvalue weighted by atomic mass is 16.8. The van der Waals surface area contributed by atoms with E-state index in [0.29, 0.717) is 32.1 Å². The van der Waals surface area contributed by atoms with Gasteiger partial charge in [0, 0.05) is 13.3 Å². The van der Waals surface area contributed by atoms with Crippen molar-refractivity contribution in [2.24, 2.45) is 46.3 Å². The number of fused-ring (bicyclic) bond motifs is 5. The molecule has 4 fully saturated rings. The Kier molecular flexibility index (Phi) is 8.15. The molecule has 0 spiro atoms. The van der Waals surface area contributed by atoms with Crippen molar-refractivity contribution in [2.75, 3.05) is 6.79 Å². The fraction of sp³-hybridized carbons (Fsp3) is 0.893. The van der Waals surface area contributed by atoms with Crippen molar-refractivity contribution in [1.82, 2.24) is 0 Å². The van der Waals surface area contributed by atoms with Crippen LogP contribution in [0.4, 0.5) is 4.79 Å². The van der Waals surface area contributed by atoms with Crippen LogP contribution in [0.15, 0.2) is 0 Å². The van der Waals surface area contributed by atoms with E-state index in [9.17, 15) is 29.7 Å². The molecule has 37 heavy (non-hydrogen) atoms. The van der Waals surface area contributed by atoms with E-state index in [2.05, 4.69) is 25.5 Å². The van der Waals surface area contributed by atoms with Gasteiger partial charge in [-0.25, -0.2) is 4.79 Å². The fourth-order valence-corrected chi connectivity index (χ4v) is 9.11. The van der Waals surface area contributed by atoms with Crippen LogP contribution in [0.25, 0.3) is 0 Å². The molecule has 0 amide bonds. The van der Waals surface area contributed by atoms with Gasteiger partial charge in [-0.05, 0) is 97.7 Å². The maximum absolute atomic E-state index is 12.0. The summed E-state index contributed by atoms with van der Waals surface area (Å²) in [4.78, 5) is 34.1. The Bertz CT molecular complexity index is 876. The summed E-state index contributed by atoms with van der Waals surface area (Å²) >= 11 is 0. The van der Waals surface area contributed by atoms with Crippen LogP contribution in [-0.4, -0.2) is 58.5 Å². The number of hydrogen-bond acceptors (Lipinski definition) is 8. The third-order valence-corrected chi connectivity index (χ3v) is 11.0. The summed E-state index contributed by atoms with van der Waals surface area (Å²) in [5, 5.41) is 32.3. The Hall–Kier alpha value is -1.87. The molecule has 4 aliphatic carbocycles. The van der Waals surface area contributed by atoms with Crippen LogP contribution in [0, 0.1) is 46.3 Å². The number of aliphatic carboxylic acids is 1. The number of ether oxygens (including phenoxy) is 3. The molecule has 0 heterocycles. The lowest BCUT2D eigenvalue weighted by atomic mass is 9.43. The van der Waals surface area contributed by atoms with Crippen molar-refractivity contribution in [3.8, 4) is 0 Å². The van der Waals surface area contributed by atoms with Gasteiger partial charge in [0.15, 0.2) is 0 Å². The second-order valence-corrected chi connectivity index (χ2v) is 12.7. The quantitative estimate of drug-likeness (QED) is 0.331. The molecule has 4 rings (SSSR count). The predicted octanol–water partition coefficient (Wildman–Crippen LogP) is 4.13. The molecule has 11 atom stereocenters. The van der Waals surface area contributed by atoms with Crippen LogP contribution in [0.5, 0.6) is 0 Å². The summed E-state index contributed by atoms with van der Waals surface area (Å²) in [6, 6.07) is 0. The van der Waals surface area contributed by atoms with Crippen LogP contribution in [0.1, 0.15) is 85.5 Å². The van der Waals surface area contributed by atoms with Gasteiger partial charge < -0.3 is 29.5 Å². The predicted molar refractivity (Wildman–Crippen MR) is 132 cm³/mol. The lowest BCUT2D eigenvalue weighted by molar-refractivity contribution is -0.207. The number of aliphatic hydroxyl groups is 2. The van der Waals surface area contributed by atoms with Gasteiger partial charge >= 0.3 is 18.1 Å². The zero-order valence-electron chi connectivity index (χ0n) is 22.6. The average Bonchev–Trinajstić information content (AvgIpc) is 3.17. The summed E-state index contributed by atoms with van der Waals surface area (Å²) < 4.78 is 15.0. The molecular formula is C28H44O9.